The molecule has 0 amide bonds. The third-order valence-corrected chi connectivity index (χ3v) is 6.88. The number of anilines is 1. The van der Waals surface area contributed by atoms with Crippen LogP contribution in [0.1, 0.15) is 17.2 Å². The molecule has 11 heteroatoms. The van der Waals surface area contributed by atoms with E-state index in [-0.39, 0.29) is 10.0 Å². The van der Waals surface area contributed by atoms with Crippen molar-refractivity contribution in [1.82, 2.24) is 9.44 Å². The SMILES string of the molecule is O=S(O)NC(Cc1ccc(S(=O)(=O)NC(=S)Nc2ccc(Cl)cc2)cc1)c1ccccc1. The molecule has 0 aliphatic heterocycles. The van der Waals surface area contributed by atoms with Gasteiger partial charge in [0.2, 0.25) is 11.3 Å². The van der Waals surface area contributed by atoms with E-state index in [1.54, 1.807) is 36.4 Å². The number of hydrogen-bond donors (Lipinski definition) is 4. The highest BCUT2D eigenvalue weighted by atomic mass is 35.5. The second kappa shape index (κ2) is 11.0. The summed E-state index contributed by atoms with van der Waals surface area (Å²) in [4.78, 5) is 0.0384. The second-order valence-electron chi connectivity index (χ2n) is 6.74. The van der Waals surface area contributed by atoms with E-state index in [2.05, 4.69) is 14.8 Å². The Hall–Kier alpha value is -2.34. The van der Waals surface area contributed by atoms with Crippen LogP contribution in [0.3, 0.4) is 0 Å². The smallest absolute Gasteiger partial charge is 0.263 e. The molecule has 4 N–H and O–H groups in total. The molecular weight excluding hydrogens is 490 g/mol. The fourth-order valence-electron chi connectivity index (χ4n) is 2.95. The van der Waals surface area contributed by atoms with E-state index in [9.17, 15) is 17.2 Å². The highest BCUT2D eigenvalue weighted by Gasteiger charge is 2.18. The second-order valence-corrected chi connectivity index (χ2v) is 10.0. The van der Waals surface area contributed by atoms with E-state index < -0.39 is 27.3 Å². The molecule has 3 aromatic carbocycles. The van der Waals surface area contributed by atoms with Crippen LogP contribution in [0.15, 0.2) is 83.8 Å². The zero-order chi connectivity index (χ0) is 23.1. The van der Waals surface area contributed by atoms with E-state index in [0.29, 0.717) is 17.1 Å². The Morgan fingerprint density at radius 3 is 2.22 bits per heavy atom. The maximum absolute atomic E-state index is 12.6. The molecule has 0 fully saturated rings. The topological polar surface area (TPSA) is 108 Å². The standard InChI is InChI=1S/C21H20ClN3O4S3/c22-17-8-10-18(11-9-17)23-21(30)25-32(28,29)19-12-6-15(7-13-19)14-20(24-31(26)27)16-4-2-1-3-5-16/h1-13,20,24H,14H2,(H,26,27)(H2,23,25,30). The number of benzene rings is 3. The fraction of sp³-hybridized carbons (Fsp3) is 0.0952. The van der Waals surface area contributed by atoms with Crippen LogP contribution in [0.25, 0.3) is 0 Å². The van der Waals surface area contributed by atoms with Gasteiger partial charge in [0.1, 0.15) is 0 Å². The molecule has 2 atom stereocenters. The maximum Gasteiger partial charge on any atom is 0.263 e. The zero-order valence-electron chi connectivity index (χ0n) is 16.6. The molecule has 2 unspecified atom stereocenters. The van der Waals surface area contributed by atoms with Gasteiger partial charge in [0.25, 0.3) is 10.0 Å². The van der Waals surface area contributed by atoms with Crippen molar-refractivity contribution < 1.29 is 17.2 Å². The molecule has 168 valence electrons. The van der Waals surface area contributed by atoms with Gasteiger partial charge in [-0.15, -0.1) is 0 Å². The number of sulfonamides is 1. The van der Waals surface area contributed by atoms with E-state index in [0.717, 1.165) is 11.1 Å². The Morgan fingerprint density at radius 2 is 1.62 bits per heavy atom. The first kappa shape index (κ1) is 24.3. The Balaban J connectivity index is 1.68. The summed E-state index contributed by atoms with van der Waals surface area (Å²) in [6.45, 7) is 0. The van der Waals surface area contributed by atoms with Gasteiger partial charge in [0.05, 0.1) is 10.9 Å². The normalized spacial score (nSPS) is 13.2. The summed E-state index contributed by atoms with van der Waals surface area (Å²) in [7, 11) is -3.89. The number of halogens is 1. The van der Waals surface area contributed by atoms with E-state index in [1.807, 2.05) is 30.3 Å². The van der Waals surface area contributed by atoms with Gasteiger partial charge < -0.3 is 5.32 Å². The van der Waals surface area contributed by atoms with Gasteiger partial charge in [-0.25, -0.2) is 17.3 Å². The summed E-state index contributed by atoms with van der Waals surface area (Å²) in [5, 5.41) is 3.27. The van der Waals surface area contributed by atoms with E-state index >= 15 is 0 Å². The molecule has 3 rings (SSSR count). The van der Waals surface area contributed by atoms with Gasteiger partial charge in [-0.2, -0.15) is 0 Å². The third kappa shape index (κ3) is 7.09. The summed E-state index contributed by atoms with van der Waals surface area (Å²) in [6, 6.07) is 21.7. The Bertz CT molecular complexity index is 1190. The maximum atomic E-state index is 12.6. The van der Waals surface area contributed by atoms with Gasteiger partial charge in [-0.05, 0) is 66.2 Å². The van der Waals surface area contributed by atoms with Gasteiger partial charge in [-0.1, -0.05) is 54.1 Å². The third-order valence-electron chi connectivity index (χ3n) is 4.45. The number of nitrogens with one attached hydrogen (secondary N) is 3. The Kier molecular flexibility index (Phi) is 8.35. The van der Waals surface area contributed by atoms with Crippen LogP contribution in [-0.4, -0.2) is 22.3 Å². The Morgan fingerprint density at radius 1 is 1.00 bits per heavy atom. The van der Waals surface area contributed by atoms with Crippen molar-refractivity contribution in [2.75, 3.05) is 5.32 Å². The van der Waals surface area contributed by atoms with E-state index in [1.165, 1.54) is 12.1 Å². The molecule has 0 radical (unpaired) electrons. The summed E-state index contributed by atoms with van der Waals surface area (Å²) in [5.74, 6) is 0. The van der Waals surface area contributed by atoms with Crippen LogP contribution < -0.4 is 14.8 Å². The molecule has 0 aromatic heterocycles. The van der Waals surface area contributed by atoms with Gasteiger partial charge in [0, 0.05) is 10.7 Å². The molecule has 0 heterocycles. The van der Waals surface area contributed by atoms with Crippen LogP contribution >= 0.6 is 23.8 Å². The van der Waals surface area contributed by atoms with Crippen molar-refractivity contribution in [3.8, 4) is 0 Å². The summed E-state index contributed by atoms with van der Waals surface area (Å²) < 4.78 is 50.8. The lowest BCUT2D eigenvalue weighted by atomic mass is 10.00. The summed E-state index contributed by atoms with van der Waals surface area (Å²) >= 11 is 8.74. The van der Waals surface area contributed by atoms with Crippen molar-refractivity contribution in [2.24, 2.45) is 0 Å². The first-order valence-corrected chi connectivity index (χ1v) is 12.7. The van der Waals surface area contributed by atoms with Crippen molar-refractivity contribution in [3.05, 3.63) is 95.0 Å². The molecule has 7 nitrogen and oxygen atoms in total. The fourth-order valence-corrected chi connectivity index (χ4v) is 4.89. The molecule has 0 bridgehead atoms. The van der Waals surface area contributed by atoms with Crippen LogP contribution in [0, 0.1) is 0 Å². The number of hydrogen-bond acceptors (Lipinski definition) is 4. The van der Waals surface area contributed by atoms with Crippen molar-refractivity contribution in [3.63, 3.8) is 0 Å². The average molecular weight is 510 g/mol. The predicted molar refractivity (Wildman–Crippen MR) is 131 cm³/mol. The molecular formula is C21H20ClN3O4S3. The molecule has 32 heavy (non-hydrogen) atoms. The van der Waals surface area contributed by atoms with Crippen LogP contribution in [-0.2, 0) is 27.7 Å². The van der Waals surface area contributed by atoms with Crippen molar-refractivity contribution in [1.29, 1.82) is 0 Å². The highest BCUT2D eigenvalue weighted by molar-refractivity contribution is 7.92. The van der Waals surface area contributed by atoms with Gasteiger partial charge in [0.15, 0.2) is 5.11 Å². The minimum absolute atomic E-state index is 0.0384. The first-order valence-electron chi connectivity index (χ1n) is 9.33. The number of rotatable bonds is 8. The Labute approximate surface area is 199 Å². The summed E-state index contributed by atoms with van der Waals surface area (Å²) in [6.07, 6.45) is 0.389. The lowest BCUT2D eigenvalue weighted by Crippen LogP contribution is -2.34. The minimum Gasteiger partial charge on any atom is -0.332 e. The van der Waals surface area contributed by atoms with Crippen molar-refractivity contribution in [2.45, 2.75) is 17.4 Å². The quantitative estimate of drug-likeness (QED) is 0.270. The largest absolute Gasteiger partial charge is 0.332 e. The molecule has 3 aromatic rings. The summed E-state index contributed by atoms with van der Waals surface area (Å²) in [5.41, 5.74) is 2.22. The zero-order valence-corrected chi connectivity index (χ0v) is 19.8. The molecule has 0 aliphatic carbocycles. The molecule has 0 saturated carbocycles. The van der Waals surface area contributed by atoms with Gasteiger partial charge in [-0.3, -0.25) is 9.27 Å². The van der Waals surface area contributed by atoms with Crippen LogP contribution in [0.4, 0.5) is 5.69 Å². The molecule has 0 aliphatic rings. The lowest BCUT2D eigenvalue weighted by Gasteiger charge is -2.17. The van der Waals surface area contributed by atoms with Crippen LogP contribution in [0.5, 0.6) is 0 Å². The van der Waals surface area contributed by atoms with Gasteiger partial charge >= 0.3 is 0 Å². The molecule has 0 spiro atoms. The highest BCUT2D eigenvalue weighted by Crippen LogP contribution is 2.20. The first-order chi connectivity index (χ1) is 15.2. The van der Waals surface area contributed by atoms with E-state index in [4.69, 9.17) is 23.8 Å². The lowest BCUT2D eigenvalue weighted by molar-refractivity contribution is 0.526. The average Bonchev–Trinajstić information content (AvgIpc) is 2.75. The van der Waals surface area contributed by atoms with Crippen LogP contribution in [0.2, 0.25) is 5.02 Å². The number of thiocarbonyl (C=S) groups is 1. The predicted octanol–water partition coefficient (Wildman–Crippen LogP) is 4.03. The van der Waals surface area contributed by atoms with Crippen molar-refractivity contribution >= 4 is 55.9 Å². The minimum atomic E-state index is -3.89. The monoisotopic (exact) mass is 509 g/mol. The molecule has 0 saturated heterocycles.